The highest BCUT2D eigenvalue weighted by Gasteiger charge is 2.23. The minimum Gasteiger partial charge on any atom is -0.372 e. The summed E-state index contributed by atoms with van der Waals surface area (Å²) in [6, 6.07) is 9.77. The fourth-order valence-electron chi connectivity index (χ4n) is 2.07. The van der Waals surface area contributed by atoms with Crippen molar-refractivity contribution in [3.05, 3.63) is 30.3 Å². The van der Waals surface area contributed by atoms with Crippen LogP contribution in [0.25, 0.3) is 0 Å². The Hall–Kier alpha value is -1.55. The topological polar surface area (TPSA) is 50.8 Å². The van der Waals surface area contributed by atoms with Crippen LogP contribution in [-0.2, 0) is 4.74 Å². The second-order valence-electron chi connectivity index (χ2n) is 4.47. The number of hydrogen-bond donors (Lipinski definition) is 1. The summed E-state index contributed by atoms with van der Waals surface area (Å²) >= 11 is 0. The first-order valence-corrected chi connectivity index (χ1v) is 5.95. The zero-order chi connectivity index (χ0) is 12.3. The lowest BCUT2D eigenvalue weighted by Gasteiger charge is -2.35. The van der Waals surface area contributed by atoms with Gasteiger partial charge in [-0.2, -0.15) is 0 Å². The third kappa shape index (κ3) is 3.20. The summed E-state index contributed by atoms with van der Waals surface area (Å²) in [5.41, 5.74) is 6.91. The summed E-state index contributed by atoms with van der Waals surface area (Å²) in [4.78, 5) is 6.49. The van der Waals surface area contributed by atoms with Gasteiger partial charge in [-0.25, -0.2) is 4.99 Å². The molecule has 0 saturated carbocycles. The number of nitrogens with zero attached hydrogens (tertiary/aromatic N) is 2. The van der Waals surface area contributed by atoms with E-state index >= 15 is 0 Å². The Labute approximate surface area is 102 Å². The lowest BCUT2D eigenvalue weighted by Crippen LogP contribution is -2.50. The van der Waals surface area contributed by atoms with E-state index in [-0.39, 0.29) is 12.2 Å². The summed E-state index contributed by atoms with van der Waals surface area (Å²) in [5.74, 6) is 0.568. The average molecular weight is 233 g/mol. The van der Waals surface area contributed by atoms with Crippen LogP contribution in [0.4, 0.5) is 5.69 Å². The maximum atomic E-state index is 6.03. The highest BCUT2D eigenvalue weighted by atomic mass is 16.5. The molecule has 1 saturated heterocycles. The van der Waals surface area contributed by atoms with Gasteiger partial charge in [0, 0.05) is 13.1 Å². The van der Waals surface area contributed by atoms with Crippen molar-refractivity contribution in [3.8, 4) is 0 Å². The smallest absolute Gasteiger partial charge is 0.196 e. The van der Waals surface area contributed by atoms with E-state index < -0.39 is 0 Å². The first-order valence-electron chi connectivity index (χ1n) is 5.95. The SMILES string of the molecule is CC1CN(C(N)=Nc2ccccc2)CC(C)O1. The molecule has 2 rings (SSSR count). The Morgan fingerprint density at radius 3 is 2.41 bits per heavy atom. The number of guanidine groups is 1. The molecule has 1 heterocycles. The van der Waals surface area contributed by atoms with Gasteiger partial charge in [-0.1, -0.05) is 18.2 Å². The molecule has 1 fully saturated rings. The van der Waals surface area contributed by atoms with Crippen LogP contribution in [0.2, 0.25) is 0 Å². The standard InChI is InChI=1S/C13H19N3O/c1-10-8-16(9-11(2)17-10)13(14)15-12-6-4-3-5-7-12/h3-7,10-11H,8-9H2,1-2H3,(H2,14,15). The molecule has 2 atom stereocenters. The summed E-state index contributed by atoms with van der Waals surface area (Å²) in [6.07, 6.45) is 0.395. The predicted molar refractivity (Wildman–Crippen MR) is 69.3 cm³/mol. The molecule has 4 nitrogen and oxygen atoms in total. The van der Waals surface area contributed by atoms with Gasteiger partial charge in [0.05, 0.1) is 17.9 Å². The lowest BCUT2D eigenvalue weighted by molar-refractivity contribution is -0.0483. The van der Waals surface area contributed by atoms with Gasteiger partial charge in [0.25, 0.3) is 0 Å². The molecular formula is C13H19N3O. The van der Waals surface area contributed by atoms with E-state index in [2.05, 4.69) is 23.7 Å². The molecule has 17 heavy (non-hydrogen) atoms. The van der Waals surface area contributed by atoms with Gasteiger partial charge in [-0.3, -0.25) is 0 Å². The normalized spacial score (nSPS) is 26.0. The first kappa shape index (κ1) is 11.9. The van der Waals surface area contributed by atoms with E-state index in [4.69, 9.17) is 10.5 Å². The van der Waals surface area contributed by atoms with Gasteiger partial charge in [-0.15, -0.1) is 0 Å². The average Bonchev–Trinajstić information content (AvgIpc) is 2.29. The maximum Gasteiger partial charge on any atom is 0.196 e. The van der Waals surface area contributed by atoms with Crippen molar-refractivity contribution < 1.29 is 4.74 Å². The van der Waals surface area contributed by atoms with Crippen molar-refractivity contribution in [2.75, 3.05) is 13.1 Å². The number of morpholine rings is 1. The fraction of sp³-hybridized carbons (Fsp3) is 0.462. The number of ether oxygens (including phenoxy) is 1. The van der Waals surface area contributed by atoms with Crippen LogP contribution < -0.4 is 5.73 Å². The van der Waals surface area contributed by atoms with Gasteiger partial charge < -0.3 is 15.4 Å². The number of hydrogen-bond acceptors (Lipinski definition) is 2. The van der Waals surface area contributed by atoms with Crippen molar-refractivity contribution in [2.24, 2.45) is 10.7 Å². The summed E-state index contributed by atoms with van der Waals surface area (Å²) in [6.45, 7) is 5.70. The molecule has 0 spiro atoms. The molecule has 1 aromatic rings. The summed E-state index contributed by atoms with van der Waals surface area (Å²) in [7, 11) is 0. The van der Waals surface area contributed by atoms with Gasteiger partial charge in [0.1, 0.15) is 0 Å². The van der Waals surface area contributed by atoms with Crippen molar-refractivity contribution in [3.63, 3.8) is 0 Å². The molecule has 92 valence electrons. The minimum absolute atomic E-state index is 0.197. The Morgan fingerprint density at radius 2 is 1.82 bits per heavy atom. The molecule has 0 bridgehead atoms. The number of para-hydroxylation sites is 1. The van der Waals surface area contributed by atoms with E-state index in [1.165, 1.54) is 0 Å². The monoisotopic (exact) mass is 233 g/mol. The lowest BCUT2D eigenvalue weighted by atomic mass is 10.2. The zero-order valence-electron chi connectivity index (χ0n) is 10.3. The van der Waals surface area contributed by atoms with E-state index in [1.54, 1.807) is 0 Å². The predicted octanol–water partition coefficient (Wildman–Crippen LogP) is 1.74. The van der Waals surface area contributed by atoms with Crippen LogP contribution in [0.5, 0.6) is 0 Å². The van der Waals surface area contributed by atoms with E-state index in [0.29, 0.717) is 5.96 Å². The van der Waals surface area contributed by atoms with E-state index in [9.17, 15) is 0 Å². The highest BCUT2D eigenvalue weighted by molar-refractivity contribution is 5.81. The largest absolute Gasteiger partial charge is 0.372 e. The van der Waals surface area contributed by atoms with Crippen LogP contribution in [0.15, 0.2) is 35.3 Å². The summed E-state index contributed by atoms with van der Waals surface area (Å²) < 4.78 is 5.66. The van der Waals surface area contributed by atoms with Crippen molar-refractivity contribution in [1.29, 1.82) is 0 Å². The van der Waals surface area contributed by atoms with E-state index in [0.717, 1.165) is 18.8 Å². The molecule has 1 aliphatic heterocycles. The Balaban J connectivity index is 2.09. The minimum atomic E-state index is 0.197. The molecule has 4 heteroatoms. The third-order valence-electron chi connectivity index (χ3n) is 2.74. The quantitative estimate of drug-likeness (QED) is 0.594. The molecule has 0 aromatic heterocycles. The van der Waals surface area contributed by atoms with Crippen molar-refractivity contribution in [1.82, 2.24) is 4.90 Å². The Morgan fingerprint density at radius 1 is 1.24 bits per heavy atom. The van der Waals surface area contributed by atoms with E-state index in [1.807, 2.05) is 30.3 Å². The molecule has 1 aliphatic rings. The number of aliphatic imine (C=N–C) groups is 1. The Bertz CT molecular complexity index is 381. The molecule has 2 unspecified atom stereocenters. The second-order valence-corrected chi connectivity index (χ2v) is 4.47. The summed E-state index contributed by atoms with van der Waals surface area (Å²) in [5, 5.41) is 0. The number of nitrogens with two attached hydrogens (primary N) is 1. The molecule has 2 N–H and O–H groups in total. The third-order valence-corrected chi connectivity index (χ3v) is 2.74. The zero-order valence-corrected chi connectivity index (χ0v) is 10.3. The van der Waals surface area contributed by atoms with Gasteiger partial charge in [0.15, 0.2) is 5.96 Å². The number of rotatable bonds is 1. The molecule has 0 amide bonds. The molecule has 0 aliphatic carbocycles. The maximum absolute atomic E-state index is 6.03. The molecular weight excluding hydrogens is 214 g/mol. The van der Waals surface area contributed by atoms with Gasteiger partial charge in [-0.05, 0) is 26.0 Å². The van der Waals surface area contributed by atoms with Crippen molar-refractivity contribution >= 4 is 11.6 Å². The highest BCUT2D eigenvalue weighted by Crippen LogP contribution is 2.13. The number of benzene rings is 1. The first-order chi connectivity index (χ1) is 8.15. The second kappa shape index (κ2) is 5.19. The fourth-order valence-corrected chi connectivity index (χ4v) is 2.07. The van der Waals surface area contributed by atoms with Crippen molar-refractivity contribution in [2.45, 2.75) is 26.1 Å². The van der Waals surface area contributed by atoms with Crippen LogP contribution in [0.3, 0.4) is 0 Å². The van der Waals surface area contributed by atoms with Crippen LogP contribution in [0, 0.1) is 0 Å². The Kier molecular flexibility index (Phi) is 3.64. The van der Waals surface area contributed by atoms with Crippen LogP contribution >= 0.6 is 0 Å². The molecule has 0 radical (unpaired) electrons. The molecule has 1 aromatic carbocycles. The van der Waals surface area contributed by atoms with Crippen LogP contribution in [-0.4, -0.2) is 36.2 Å². The van der Waals surface area contributed by atoms with Gasteiger partial charge in [0.2, 0.25) is 0 Å². The van der Waals surface area contributed by atoms with Gasteiger partial charge >= 0.3 is 0 Å². The van der Waals surface area contributed by atoms with Crippen LogP contribution in [0.1, 0.15) is 13.8 Å².